The van der Waals surface area contributed by atoms with Gasteiger partial charge in [0.1, 0.15) is 12.2 Å². The van der Waals surface area contributed by atoms with Crippen LogP contribution < -0.4 is 0 Å². The molecule has 0 N–H and O–H groups in total. The van der Waals surface area contributed by atoms with Gasteiger partial charge in [0.05, 0.1) is 12.9 Å². The lowest BCUT2D eigenvalue weighted by Gasteiger charge is -2.18. The van der Waals surface area contributed by atoms with Crippen LogP contribution in [0.5, 0.6) is 0 Å². The quantitative estimate of drug-likeness (QED) is 0.700. The second kappa shape index (κ2) is 6.03. The molecule has 0 bridgehead atoms. The van der Waals surface area contributed by atoms with E-state index in [9.17, 15) is 9.59 Å². The van der Waals surface area contributed by atoms with Crippen LogP contribution in [0.2, 0.25) is 0 Å². The Labute approximate surface area is 100 Å². The maximum Gasteiger partial charge on any atom is 0.325 e. The Morgan fingerprint density at radius 3 is 2.65 bits per heavy atom. The molecule has 1 aromatic heterocycles. The second-order valence-electron chi connectivity index (χ2n) is 3.55. The first-order valence-electron chi connectivity index (χ1n) is 5.51. The predicted octanol–water partition coefficient (Wildman–Crippen LogP) is 0.445. The molecular weight excluding hydrogens is 222 g/mol. The Morgan fingerprint density at radius 2 is 2.18 bits per heavy atom. The monoisotopic (exact) mass is 239 g/mol. The fraction of sp³-hybridized carbons (Fsp3) is 0.545. The van der Waals surface area contributed by atoms with Crippen molar-refractivity contribution in [2.45, 2.75) is 13.8 Å². The van der Waals surface area contributed by atoms with Gasteiger partial charge in [0.25, 0.3) is 5.91 Å². The van der Waals surface area contributed by atoms with Crippen LogP contribution in [0.3, 0.4) is 0 Å². The van der Waals surface area contributed by atoms with Crippen molar-refractivity contribution in [1.29, 1.82) is 0 Å². The molecular formula is C11H17N3O3. The molecule has 0 aliphatic carbocycles. The molecule has 0 fully saturated rings. The largest absolute Gasteiger partial charge is 0.465 e. The Hall–Kier alpha value is -1.85. The van der Waals surface area contributed by atoms with Crippen molar-refractivity contribution in [1.82, 2.24) is 14.5 Å². The minimum atomic E-state index is -0.404. The number of hydrogen-bond acceptors (Lipinski definition) is 4. The van der Waals surface area contributed by atoms with Gasteiger partial charge >= 0.3 is 5.97 Å². The van der Waals surface area contributed by atoms with E-state index in [1.54, 1.807) is 38.0 Å². The maximum absolute atomic E-state index is 12.0. The highest BCUT2D eigenvalue weighted by molar-refractivity contribution is 5.94. The van der Waals surface area contributed by atoms with Crippen LogP contribution in [0, 0.1) is 0 Å². The first-order valence-corrected chi connectivity index (χ1v) is 5.51. The number of carbonyl (C=O) groups excluding carboxylic acids is 2. The third kappa shape index (κ3) is 3.58. The third-order valence-electron chi connectivity index (χ3n) is 2.22. The number of likely N-dealkylation sites (N-methyl/N-ethyl adjacent to an activating group) is 1. The molecule has 0 aliphatic rings. The van der Waals surface area contributed by atoms with Gasteiger partial charge in [-0.15, -0.1) is 0 Å². The van der Waals surface area contributed by atoms with E-state index in [0.717, 1.165) is 0 Å². The van der Waals surface area contributed by atoms with Gasteiger partial charge in [0.2, 0.25) is 0 Å². The van der Waals surface area contributed by atoms with Crippen molar-refractivity contribution in [3.63, 3.8) is 0 Å². The SMILES string of the molecule is CCOC(=O)CN(CC)C(=O)c1cn(C)cn1. The zero-order chi connectivity index (χ0) is 12.8. The summed E-state index contributed by atoms with van der Waals surface area (Å²) in [6.07, 6.45) is 3.17. The first-order chi connectivity index (χ1) is 8.08. The number of amides is 1. The summed E-state index contributed by atoms with van der Waals surface area (Å²) in [5.74, 6) is -0.667. The number of hydrogen-bond donors (Lipinski definition) is 0. The molecule has 0 radical (unpaired) electrons. The van der Waals surface area contributed by atoms with E-state index in [0.29, 0.717) is 18.8 Å². The highest BCUT2D eigenvalue weighted by Gasteiger charge is 2.19. The number of carbonyl (C=O) groups is 2. The zero-order valence-electron chi connectivity index (χ0n) is 10.3. The van der Waals surface area contributed by atoms with Crippen LogP contribution in [0.25, 0.3) is 0 Å². The maximum atomic E-state index is 12.0. The van der Waals surface area contributed by atoms with Crippen molar-refractivity contribution >= 4 is 11.9 Å². The Balaban J connectivity index is 2.67. The lowest BCUT2D eigenvalue weighted by molar-refractivity contribution is -0.143. The third-order valence-corrected chi connectivity index (χ3v) is 2.22. The number of aromatic nitrogens is 2. The first kappa shape index (κ1) is 13.2. The minimum absolute atomic E-state index is 0.0419. The molecule has 0 saturated heterocycles. The van der Waals surface area contributed by atoms with Crippen LogP contribution in [0.1, 0.15) is 24.3 Å². The summed E-state index contributed by atoms with van der Waals surface area (Å²) in [7, 11) is 1.78. The Kier molecular flexibility index (Phi) is 4.68. The van der Waals surface area contributed by atoms with Gasteiger partial charge in [-0.25, -0.2) is 4.98 Å². The topological polar surface area (TPSA) is 64.4 Å². The van der Waals surface area contributed by atoms with E-state index in [-0.39, 0.29) is 12.5 Å². The normalized spacial score (nSPS) is 10.1. The molecule has 0 unspecified atom stereocenters. The summed E-state index contributed by atoms with van der Waals surface area (Å²) in [6, 6.07) is 0. The van der Waals surface area contributed by atoms with Gasteiger partial charge in [-0.1, -0.05) is 0 Å². The molecule has 0 saturated carbocycles. The number of esters is 1. The van der Waals surface area contributed by atoms with Crippen molar-refractivity contribution in [2.75, 3.05) is 19.7 Å². The van der Waals surface area contributed by atoms with Gasteiger partial charge in [0.15, 0.2) is 0 Å². The van der Waals surface area contributed by atoms with Crippen molar-refractivity contribution in [3.05, 3.63) is 18.2 Å². The van der Waals surface area contributed by atoms with Crippen molar-refractivity contribution in [3.8, 4) is 0 Å². The summed E-state index contributed by atoms with van der Waals surface area (Å²) in [5, 5.41) is 0. The van der Waals surface area contributed by atoms with Gasteiger partial charge in [-0.2, -0.15) is 0 Å². The Bertz CT molecular complexity index is 400. The Morgan fingerprint density at radius 1 is 1.47 bits per heavy atom. The highest BCUT2D eigenvalue weighted by Crippen LogP contribution is 2.02. The lowest BCUT2D eigenvalue weighted by Crippen LogP contribution is -2.36. The summed E-state index contributed by atoms with van der Waals surface area (Å²) in [5.41, 5.74) is 0.332. The van der Waals surface area contributed by atoms with Crippen LogP contribution >= 0.6 is 0 Å². The van der Waals surface area contributed by atoms with E-state index in [1.807, 2.05) is 0 Å². The molecule has 0 aliphatic heterocycles. The van der Waals surface area contributed by atoms with Crippen LogP contribution in [0.15, 0.2) is 12.5 Å². The van der Waals surface area contributed by atoms with E-state index < -0.39 is 5.97 Å². The van der Waals surface area contributed by atoms with Gasteiger partial charge < -0.3 is 14.2 Å². The number of ether oxygens (including phenoxy) is 1. The summed E-state index contributed by atoms with van der Waals surface area (Å²) in [6.45, 7) is 4.25. The number of rotatable bonds is 5. The number of nitrogens with zero attached hydrogens (tertiary/aromatic N) is 3. The fourth-order valence-electron chi connectivity index (χ4n) is 1.37. The highest BCUT2D eigenvalue weighted by atomic mass is 16.5. The lowest BCUT2D eigenvalue weighted by atomic mass is 10.3. The molecule has 6 nitrogen and oxygen atoms in total. The summed E-state index contributed by atoms with van der Waals surface area (Å²) in [4.78, 5) is 28.6. The van der Waals surface area contributed by atoms with Gasteiger partial charge in [-0.3, -0.25) is 9.59 Å². The van der Waals surface area contributed by atoms with Crippen molar-refractivity contribution < 1.29 is 14.3 Å². The molecule has 0 atom stereocenters. The molecule has 1 amide bonds. The van der Waals surface area contributed by atoms with E-state index in [4.69, 9.17) is 4.74 Å². The average Bonchev–Trinajstić information content (AvgIpc) is 2.72. The molecule has 0 spiro atoms. The van der Waals surface area contributed by atoms with E-state index in [1.165, 1.54) is 4.90 Å². The average molecular weight is 239 g/mol. The smallest absolute Gasteiger partial charge is 0.325 e. The minimum Gasteiger partial charge on any atom is -0.465 e. The van der Waals surface area contributed by atoms with Crippen molar-refractivity contribution in [2.24, 2.45) is 7.05 Å². The molecule has 1 aromatic rings. The van der Waals surface area contributed by atoms with Gasteiger partial charge in [-0.05, 0) is 13.8 Å². The summed E-state index contributed by atoms with van der Waals surface area (Å²) >= 11 is 0. The number of imidazole rings is 1. The molecule has 0 aromatic carbocycles. The van der Waals surface area contributed by atoms with Gasteiger partial charge in [0, 0.05) is 19.8 Å². The molecule has 94 valence electrons. The fourth-order valence-corrected chi connectivity index (χ4v) is 1.37. The molecule has 6 heteroatoms. The van der Waals surface area contributed by atoms with Crippen LogP contribution in [0.4, 0.5) is 0 Å². The molecule has 1 heterocycles. The van der Waals surface area contributed by atoms with E-state index in [2.05, 4.69) is 4.98 Å². The standard InChI is InChI=1S/C11H17N3O3/c1-4-14(7-10(15)17-5-2)11(16)9-6-13(3)8-12-9/h6,8H,4-5,7H2,1-3H3. The summed E-state index contributed by atoms with van der Waals surface area (Å²) < 4.78 is 6.49. The number of aryl methyl sites for hydroxylation is 1. The zero-order valence-corrected chi connectivity index (χ0v) is 10.3. The molecule has 17 heavy (non-hydrogen) atoms. The second-order valence-corrected chi connectivity index (χ2v) is 3.55. The van der Waals surface area contributed by atoms with Crippen LogP contribution in [-0.4, -0.2) is 46.0 Å². The predicted molar refractivity (Wildman–Crippen MR) is 61.4 cm³/mol. The van der Waals surface area contributed by atoms with E-state index >= 15 is 0 Å². The van der Waals surface area contributed by atoms with Crippen LogP contribution in [-0.2, 0) is 16.6 Å². The molecule has 1 rings (SSSR count).